The van der Waals surface area contributed by atoms with Gasteiger partial charge in [0.1, 0.15) is 11.3 Å². The summed E-state index contributed by atoms with van der Waals surface area (Å²) in [5.41, 5.74) is 5.41. The first-order valence-electron chi connectivity index (χ1n) is 4.59. The van der Waals surface area contributed by atoms with Crippen LogP contribution in [0.25, 0.3) is 0 Å². The molecule has 0 saturated carbocycles. The Hall–Kier alpha value is -1.57. The SMILES string of the molecule is N[C@@H](Cc1cccc(C(=O)O)c1O)B(O)O. The Balaban J connectivity index is 2.98. The van der Waals surface area contributed by atoms with Crippen molar-refractivity contribution in [2.24, 2.45) is 5.73 Å². The number of hydrogen-bond donors (Lipinski definition) is 5. The van der Waals surface area contributed by atoms with Crippen LogP contribution in [0.15, 0.2) is 18.2 Å². The maximum absolute atomic E-state index is 10.7. The van der Waals surface area contributed by atoms with Gasteiger partial charge < -0.3 is 26.0 Å². The first kappa shape index (κ1) is 12.5. The van der Waals surface area contributed by atoms with Gasteiger partial charge >= 0.3 is 13.1 Å². The molecular weight excluding hydrogens is 213 g/mol. The highest BCUT2D eigenvalue weighted by Gasteiger charge is 2.22. The summed E-state index contributed by atoms with van der Waals surface area (Å²) in [7, 11) is -1.71. The molecule has 0 saturated heterocycles. The predicted molar refractivity (Wildman–Crippen MR) is 56.9 cm³/mol. The van der Waals surface area contributed by atoms with Crippen molar-refractivity contribution in [2.75, 3.05) is 0 Å². The van der Waals surface area contributed by atoms with Gasteiger partial charge in [-0.2, -0.15) is 0 Å². The van der Waals surface area contributed by atoms with Crippen molar-refractivity contribution in [3.8, 4) is 5.75 Å². The molecule has 0 amide bonds. The first-order valence-corrected chi connectivity index (χ1v) is 4.59. The fourth-order valence-electron chi connectivity index (χ4n) is 1.29. The zero-order chi connectivity index (χ0) is 12.3. The Bertz CT molecular complexity index is 395. The lowest BCUT2D eigenvalue weighted by molar-refractivity contribution is 0.0693. The van der Waals surface area contributed by atoms with E-state index in [2.05, 4.69) is 0 Å². The van der Waals surface area contributed by atoms with Gasteiger partial charge in [-0.25, -0.2) is 4.79 Å². The molecule has 0 aliphatic heterocycles. The van der Waals surface area contributed by atoms with E-state index in [1.54, 1.807) is 0 Å². The zero-order valence-corrected chi connectivity index (χ0v) is 8.37. The van der Waals surface area contributed by atoms with Crippen molar-refractivity contribution in [2.45, 2.75) is 12.4 Å². The molecule has 0 heterocycles. The van der Waals surface area contributed by atoms with Crippen LogP contribution in [-0.2, 0) is 6.42 Å². The van der Waals surface area contributed by atoms with Gasteiger partial charge in [0, 0.05) is 5.94 Å². The highest BCUT2D eigenvalue weighted by Crippen LogP contribution is 2.23. The molecule has 86 valence electrons. The quantitative estimate of drug-likeness (QED) is 0.417. The summed E-state index contributed by atoms with van der Waals surface area (Å²) in [4.78, 5) is 10.7. The Morgan fingerprint density at radius 1 is 1.44 bits per heavy atom. The minimum Gasteiger partial charge on any atom is -0.507 e. The second kappa shape index (κ2) is 4.97. The average molecular weight is 225 g/mol. The van der Waals surface area contributed by atoms with E-state index in [4.69, 9.17) is 20.9 Å². The van der Waals surface area contributed by atoms with E-state index in [1.165, 1.54) is 18.2 Å². The number of nitrogens with two attached hydrogens (primary N) is 1. The summed E-state index contributed by atoms with van der Waals surface area (Å²) in [5, 5.41) is 35.9. The molecule has 1 aromatic carbocycles. The molecule has 16 heavy (non-hydrogen) atoms. The monoisotopic (exact) mass is 225 g/mol. The van der Waals surface area contributed by atoms with Crippen LogP contribution in [0.5, 0.6) is 5.75 Å². The number of aromatic hydroxyl groups is 1. The lowest BCUT2D eigenvalue weighted by Crippen LogP contribution is -2.40. The minimum atomic E-state index is -1.71. The summed E-state index contributed by atoms with van der Waals surface area (Å²) in [6.07, 6.45) is -0.0232. The van der Waals surface area contributed by atoms with Crippen LogP contribution < -0.4 is 5.73 Å². The largest absolute Gasteiger partial charge is 0.507 e. The van der Waals surface area contributed by atoms with E-state index in [0.717, 1.165) is 0 Å². The average Bonchev–Trinajstić information content (AvgIpc) is 2.20. The number of phenols is 1. The van der Waals surface area contributed by atoms with Crippen molar-refractivity contribution in [1.82, 2.24) is 0 Å². The van der Waals surface area contributed by atoms with Gasteiger partial charge in [0.15, 0.2) is 0 Å². The molecule has 1 aromatic rings. The Labute approximate surface area is 92.1 Å². The van der Waals surface area contributed by atoms with Gasteiger partial charge in [0.05, 0.1) is 0 Å². The van der Waals surface area contributed by atoms with Crippen molar-refractivity contribution < 1.29 is 25.1 Å². The maximum atomic E-state index is 10.7. The van der Waals surface area contributed by atoms with Crippen LogP contribution in [0.3, 0.4) is 0 Å². The van der Waals surface area contributed by atoms with Crippen LogP contribution in [0.4, 0.5) is 0 Å². The number of hydrogen-bond acceptors (Lipinski definition) is 5. The lowest BCUT2D eigenvalue weighted by atomic mass is 9.76. The molecule has 1 atom stereocenters. The molecule has 0 aromatic heterocycles. The molecule has 0 unspecified atom stereocenters. The Kier molecular flexibility index (Phi) is 3.89. The summed E-state index contributed by atoms with van der Waals surface area (Å²) < 4.78 is 0. The van der Waals surface area contributed by atoms with E-state index < -0.39 is 24.8 Å². The van der Waals surface area contributed by atoms with Gasteiger partial charge in [-0.15, -0.1) is 0 Å². The molecule has 6 nitrogen and oxygen atoms in total. The van der Waals surface area contributed by atoms with Crippen LogP contribution in [0.1, 0.15) is 15.9 Å². The standard InChI is InChI=1S/C9H12BNO5/c11-7(10(15)16)4-5-2-1-3-6(8(5)12)9(13)14/h1-3,7,12,15-16H,4,11H2,(H,13,14)/t7-/m0/s1. The molecule has 6 N–H and O–H groups in total. The smallest absolute Gasteiger partial charge is 0.469 e. The number of carboxylic acid groups (broad SMARTS) is 1. The highest BCUT2D eigenvalue weighted by atomic mass is 16.4. The van der Waals surface area contributed by atoms with Gasteiger partial charge in [-0.3, -0.25) is 0 Å². The molecule has 0 spiro atoms. The number of benzene rings is 1. The molecular formula is C9H12BNO5. The maximum Gasteiger partial charge on any atom is 0.469 e. The van der Waals surface area contributed by atoms with E-state index in [0.29, 0.717) is 0 Å². The lowest BCUT2D eigenvalue weighted by Gasteiger charge is -2.12. The second-order valence-corrected chi connectivity index (χ2v) is 3.40. The van der Waals surface area contributed by atoms with E-state index in [1.807, 2.05) is 0 Å². The van der Waals surface area contributed by atoms with Crippen LogP contribution in [-0.4, -0.2) is 39.3 Å². The molecule has 0 aliphatic carbocycles. The summed E-state index contributed by atoms with van der Waals surface area (Å²) in [6.45, 7) is 0. The molecule has 0 bridgehead atoms. The second-order valence-electron chi connectivity index (χ2n) is 3.40. The fraction of sp³-hybridized carbons (Fsp3) is 0.222. The van der Waals surface area contributed by atoms with Gasteiger partial charge in [0.25, 0.3) is 0 Å². The number of carbonyl (C=O) groups is 1. The third-order valence-corrected chi connectivity index (χ3v) is 2.19. The number of carboxylic acids is 1. The van der Waals surface area contributed by atoms with Crippen molar-refractivity contribution >= 4 is 13.1 Å². The van der Waals surface area contributed by atoms with Crippen molar-refractivity contribution in [3.05, 3.63) is 29.3 Å². The van der Waals surface area contributed by atoms with Crippen molar-refractivity contribution in [1.29, 1.82) is 0 Å². The number of aromatic carboxylic acids is 1. The fourth-order valence-corrected chi connectivity index (χ4v) is 1.29. The zero-order valence-electron chi connectivity index (χ0n) is 8.37. The normalized spacial score (nSPS) is 12.2. The van der Waals surface area contributed by atoms with Crippen LogP contribution in [0, 0.1) is 0 Å². The van der Waals surface area contributed by atoms with E-state index >= 15 is 0 Å². The van der Waals surface area contributed by atoms with Crippen LogP contribution >= 0.6 is 0 Å². The van der Waals surface area contributed by atoms with E-state index in [-0.39, 0.29) is 17.5 Å². The Morgan fingerprint density at radius 3 is 2.56 bits per heavy atom. The van der Waals surface area contributed by atoms with Crippen molar-refractivity contribution in [3.63, 3.8) is 0 Å². The van der Waals surface area contributed by atoms with Gasteiger partial charge in [-0.1, -0.05) is 12.1 Å². The number of para-hydroxylation sites is 1. The molecule has 7 heteroatoms. The summed E-state index contributed by atoms with van der Waals surface area (Å²) >= 11 is 0. The molecule has 0 aliphatic rings. The number of rotatable bonds is 4. The van der Waals surface area contributed by atoms with Gasteiger partial charge in [-0.05, 0) is 18.1 Å². The summed E-state index contributed by atoms with van der Waals surface area (Å²) in [5.74, 6) is -2.63. The minimum absolute atomic E-state index is 0.0232. The Morgan fingerprint density at radius 2 is 2.06 bits per heavy atom. The highest BCUT2D eigenvalue weighted by molar-refractivity contribution is 6.43. The topological polar surface area (TPSA) is 124 Å². The van der Waals surface area contributed by atoms with E-state index in [9.17, 15) is 9.90 Å². The first-order chi connectivity index (χ1) is 7.43. The van der Waals surface area contributed by atoms with Crippen LogP contribution in [0.2, 0.25) is 0 Å². The van der Waals surface area contributed by atoms with Gasteiger partial charge in [0.2, 0.25) is 0 Å². The third kappa shape index (κ3) is 2.72. The molecule has 0 radical (unpaired) electrons. The molecule has 0 fully saturated rings. The third-order valence-electron chi connectivity index (χ3n) is 2.19. The molecule has 1 rings (SSSR count). The predicted octanol–water partition coefficient (Wildman–Crippen LogP) is -1.03. The summed E-state index contributed by atoms with van der Waals surface area (Å²) in [6, 6.07) is 4.18.